The molecule has 0 aliphatic carbocycles. The van der Waals surface area contributed by atoms with Gasteiger partial charge in [0.25, 0.3) is 0 Å². The Kier molecular flexibility index (Phi) is 4.35. The number of methoxy groups -OCH3 is 1. The molecule has 0 fully saturated rings. The third kappa shape index (κ3) is 4.27. The van der Waals surface area contributed by atoms with Gasteiger partial charge in [-0.2, -0.15) is 0 Å². The number of aryl methyl sites for hydroxylation is 1. The van der Waals surface area contributed by atoms with Gasteiger partial charge in [-0.05, 0) is 12.5 Å². The SMILES string of the molecule is COC(=O)C=CC=Cc1ccc(C)cc1. The summed E-state index contributed by atoms with van der Waals surface area (Å²) in [7, 11) is 1.36. The second-order valence-corrected chi connectivity index (χ2v) is 3.15. The Bertz CT molecular complexity index is 372. The summed E-state index contributed by atoms with van der Waals surface area (Å²) in [6.45, 7) is 2.05. The number of hydrogen-bond donors (Lipinski definition) is 0. The highest BCUT2D eigenvalue weighted by atomic mass is 16.5. The molecule has 1 aromatic carbocycles. The molecule has 0 heterocycles. The summed E-state index contributed by atoms with van der Waals surface area (Å²) >= 11 is 0. The average molecular weight is 202 g/mol. The molecule has 0 bridgehead atoms. The Labute approximate surface area is 89.9 Å². The summed E-state index contributed by atoms with van der Waals surface area (Å²) in [5, 5.41) is 0. The molecule has 15 heavy (non-hydrogen) atoms. The van der Waals surface area contributed by atoms with Crippen LogP contribution in [0, 0.1) is 6.92 Å². The summed E-state index contributed by atoms with van der Waals surface area (Å²) in [4.78, 5) is 10.7. The van der Waals surface area contributed by atoms with Gasteiger partial charge in [0.05, 0.1) is 7.11 Å². The number of esters is 1. The fourth-order valence-electron chi connectivity index (χ4n) is 1.05. The maximum absolute atomic E-state index is 10.7. The minimum atomic E-state index is -0.344. The van der Waals surface area contributed by atoms with E-state index < -0.39 is 0 Å². The van der Waals surface area contributed by atoms with Crippen LogP contribution >= 0.6 is 0 Å². The third-order valence-corrected chi connectivity index (χ3v) is 1.91. The van der Waals surface area contributed by atoms with Crippen LogP contribution in [-0.2, 0) is 9.53 Å². The number of hydrogen-bond acceptors (Lipinski definition) is 2. The molecule has 1 rings (SSSR count). The number of rotatable bonds is 3. The molecule has 2 nitrogen and oxygen atoms in total. The van der Waals surface area contributed by atoms with Gasteiger partial charge in [0.2, 0.25) is 0 Å². The minimum absolute atomic E-state index is 0.344. The van der Waals surface area contributed by atoms with E-state index in [0.717, 1.165) is 5.56 Å². The second kappa shape index (κ2) is 5.81. The van der Waals surface area contributed by atoms with Crippen molar-refractivity contribution in [2.75, 3.05) is 7.11 Å². The molecule has 0 N–H and O–H groups in total. The summed E-state index contributed by atoms with van der Waals surface area (Å²) < 4.78 is 4.46. The van der Waals surface area contributed by atoms with E-state index in [9.17, 15) is 4.79 Å². The lowest BCUT2D eigenvalue weighted by molar-refractivity contribution is -0.134. The summed E-state index contributed by atoms with van der Waals surface area (Å²) in [5.74, 6) is -0.344. The van der Waals surface area contributed by atoms with Gasteiger partial charge < -0.3 is 4.74 Å². The number of carbonyl (C=O) groups excluding carboxylic acids is 1. The largest absolute Gasteiger partial charge is 0.466 e. The molecule has 0 unspecified atom stereocenters. The van der Waals surface area contributed by atoms with Crippen LogP contribution in [0.1, 0.15) is 11.1 Å². The van der Waals surface area contributed by atoms with Crippen molar-refractivity contribution in [3.63, 3.8) is 0 Å². The smallest absolute Gasteiger partial charge is 0.330 e. The van der Waals surface area contributed by atoms with E-state index in [1.165, 1.54) is 18.7 Å². The lowest BCUT2D eigenvalue weighted by Gasteiger charge is -1.93. The first-order valence-electron chi connectivity index (χ1n) is 4.72. The summed E-state index contributed by atoms with van der Waals surface area (Å²) in [6, 6.07) is 8.14. The van der Waals surface area contributed by atoms with E-state index in [0.29, 0.717) is 0 Å². The van der Waals surface area contributed by atoms with Gasteiger partial charge in [0.1, 0.15) is 0 Å². The number of carbonyl (C=O) groups is 1. The second-order valence-electron chi connectivity index (χ2n) is 3.15. The number of benzene rings is 1. The van der Waals surface area contributed by atoms with Crippen LogP contribution in [0.2, 0.25) is 0 Å². The van der Waals surface area contributed by atoms with Gasteiger partial charge >= 0.3 is 5.97 Å². The lowest BCUT2D eigenvalue weighted by atomic mass is 10.1. The lowest BCUT2D eigenvalue weighted by Crippen LogP contribution is -1.92. The molecule has 0 radical (unpaired) electrons. The number of allylic oxidation sites excluding steroid dienone is 2. The molecule has 0 aliphatic rings. The molecule has 0 aromatic heterocycles. The molecule has 0 saturated heterocycles. The van der Waals surface area contributed by atoms with Gasteiger partial charge in [0.15, 0.2) is 0 Å². The van der Waals surface area contributed by atoms with Crippen LogP contribution in [0.5, 0.6) is 0 Å². The van der Waals surface area contributed by atoms with Crippen molar-refractivity contribution in [1.29, 1.82) is 0 Å². The van der Waals surface area contributed by atoms with Crippen molar-refractivity contribution < 1.29 is 9.53 Å². The normalized spacial score (nSPS) is 11.1. The van der Waals surface area contributed by atoms with Gasteiger partial charge in [-0.15, -0.1) is 0 Å². The molecular weight excluding hydrogens is 188 g/mol. The fourth-order valence-corrected chi connectivity index (χ4v) is 1.05. The molecule has 0 aliphatic heterocycles. The fraction of sp³-hybridized carbons (Fsp3) is 0.154. The maximum atomic E-state index is 10.7. The molecule has 1 aromatic rings. The average Bonchev–Trinajstić information content (AvgIpc) is 2.26. The molecular formula is C13H14O2. The third-order valence-electron chi connectivity index (χ3n) is 1.91. The Morgan fingerprint density at radius 1 is 1.20 bits per heavy atom. The zero-order chi connectivity index (χ0) is 11.1. The predicted octanol–water partition coefficient (Wildman–Crippen LogP) is 2.74. The molecule has 78 valence electrons. The number of ether oxygens (including phenoxy) is 1. The van der Waals surface area contributed by atoms with E-state index in [4.69, 9.17) is 0 Å². The highest BCUT2D eigenvalue weighted by Crippen LogP contribution is 2.04. The molecule has 0 saturated carbocycles. The van der Waals surface area contributed by atoms with Crippen LogP contribution < -0.4 is 0 Å². The zero-order valence-electron chi connectivity index (χ0n) is 8.94. The summed E-state index contributed by atoms with van der Waals surface area (Å²) in [6.07, 6.45) is 6.77. The standard InChI is InChI=1S/C13H14O2/c1-11-7-9-12(10-8-11)5-3-4-6-13(14)15-2/h3-10H,1-2H3. The van der Waals surface area contributed by atoms with Gasteiger partial charge in [0, 0.05) is 6.08 Å². The molecule has 0 spiro atoms. The van der Waals surface area contributed by atoms with Crippen molar-refractivity contribution in [3.8, 4) is 0 Å². The van der Waals surface area contributed by atoms with Crippen LogP contribution in [0.15, 0.2) is 42.5 Å². The molecule has 0 amide bonds. The Morgan fingerprint density at radius 3 is 2.47 bits per heavy atom. The first-order chi connectivity index (χ1) is 7.22. The van der Waals surface area contributed by atoms with E-state index in [-0.39, 0.29) is 5.97 Å². The highest BCUT2D eigenvalue weighted by molar-refractivity contribution is 5.82. The van der Waals surface area contributed by atoms with Crippen molar-refractivity contribution in [1.82, 2.24) is 0 Å². The highest BCUT2D eigenvalue weighted by Gasteiger charge is 1.87. The maximum Gasteiger partial charge on any atom is 0.330 e. The van der Waals surface area contributed by atoms with E-state index in [1.54, 1.807) is 6.08 Å². The van der Waals surface area contributed by atoms with Crippen molar-refractivity contribution in [2.24, 2.45) is 0 Å². The molecule has 0 atom stereocenters. The van der Waals surface area contributed by atoms with Crippen molar-refractivity contribution in [2.45, 2.75) is 6.92 Å². The van der Waals surface area contributed by atoms with Gasteiger partial charge in [-0.25, -0.2) is 4.79 Å². The van der Waals surface area contributed by atoms with Crippen LogP contribution in [0.25, 0.3) is 6.08 Å². The van der Waals surface area contributed by atoms with Crippen molar-refractivity contribution in [3.05, 3.63) is 53.6 Å². The van der Waals surface area contributed by atoms with Crippen LogP contribution in [0.3, 0.4) is 0 Å². The van der Waals surface area contributed by atoms with Crippen molar-refractivity contribution >= 4 is 12.0 Å². The monoisotopic (exact) mass is 202 g/mol. The quantitative estimate of drug-likeness (QED) is 0.428. The summed E-state index contributed by atoms with van der Waals surface area (Å²) in [5.41, 5.74) is 2.34. The van der Waals surface area contributed by atoms with E-state index in [1.807, 2.05) is 43.3 Å². The van der Waals surface area contributed by atoms with Crippen LogP contribution in [-0.4, -0.2) is 13.1 Å². The van der Waals surface area contributed by atoms with Crippen LogP contribution in [0.4, 0.5) is 0 Å². The Hall–Kier alpha value is -1.83. The van der Waals surface area contributed by atoms with Gasteiger partial charge in [-0.1, -0.05) is 48.1 Å². The Balaban J connectivity index is 2.55. The Morgan fingerprint density at radius 2 is 1.87 bits per heavy atom. The zero-order valence-corrected chi connectivity index (χ0v) is 8.94. The predicted molar refractivity (Wildman–Crippen MR) is 61.4 cm³/mol. The first-order valence-corrected chi connectivity index (χ1v) is 4.72. The topological polar surface area (TPSA) is 26.3 Å². The van der Waals surface area contributed by atoms with E-state index >= 15 is 0 Å². The molecule has 2 heteroatoms. The van der Waals surface area contributed by atoms with E-state index in [2.05, 4.69) is 4.74 Å². The minimum Gasteiger partial charge on any atom is -0.466 e. The first kappa shape index (κ1) is 11.2. The van der Waals surface area contributed by atoms with Gasteiger partial charge in [-0.3, -0.25) is 0 Å².